The number of halogens is 1. The van der Waals surface area contributed by atoms with Gasteiger partial charge in [-0.25, -0.2) is 0 Å². The number of hydrogen-bond acceptors (Lipinski definition) is 2. The second kappa shape index (κ2) is 7.65. The van der Waals surface area contributed by atoms with E-state index in [0.717, 1.165) is 49.5 Å². The Bertz CT molecular complexity index is 450. The van der Waals surface area contributed by atoms with Gasteiger partial charge in [-0.05, 0) is 44.0 Å². The highest BCUT2D eigenvalue weighted by molar-refractivity contribution is 6.31. The summed E-state index contributed by atoms with van der Waals surface area (Å²) in [6.45, 7) is 4.85. The van der Waals surface area contributed by atoms with Crippen LogP contribution < -0.4 is 5.32 Å². The molecule has 0 spiro atoms. The van der Waals surface area contributed by atoms with Gasteiger partial charge in [0.15, 0.2) is 0 Å². The fraction of sp³-hybridized carbons (Fsp3) is 0.562. The van der Waals surface area contributed by atoms with Crippen molar-refractivity contribution in [3.63, 3.8) is 0 Å². The van der Waals surface area contributed by atoms with Gasteiger partial charge in [0, 0.05) is 24.0 Å². The Kier molecular flexibility index (Phi) is 5.86. The number of hydrogen-bond donors (Lipinski definition) is 1. The summed E-state index contributed by atoms with van der Waals surface area (Å²) in [6, 6.07) is 8.27. The molecule has 1 aromatic rings. The lowest BCUT2D eigenvalue weighted by molar-refractivity contribution is -0.129. The quantitative estimate of drug-likeness (QED) is 0.784. The number of amides is 1. The molecule has 0 aliphatic carbocycles. The lowest BCUT2D eigenvalue weighted by atomic mass is 10.1. The number of carbonyl (C=O) groups is 1. The molecular weight excluding hydrogens is 272 g/mol. The summed E-state index contributed by atoms with van der Waals surface area (Å²) >= 11 is 6.17. The molecule has 20 heavy (non-hydrogen) atoms. The van der Waals surface area contributed by atoms with E-state index in [1.807, 2.05) is 29.2 Å². The van der Waals surface area contributed by atoms with Crippen molar-refractivity contribution in [2.45, 2.75) is 38.6 Å². The lowest BCUT2D eigenvalue weighted by Gasteiger charge is -2.25. The normalized spacial score (nSPS) is 18.8. The van der Waals surface area contributed by atoms with Crippen LogP contribution in [0.5, 0.6) is 0 Å². The van der Waals surface area contributed by atoms with E-state index < -0.39 is 0 Å². The van der Waals surface area contributed by atoms with E-state index in [1.165, 1.54) is 0 Å². The average Bonchev–Trinajstić information content (AvgIpc) is 2.79. The van der Waals surface area contributed by atoms with Crippen LogP contribution in [0, 0.1) is 0 Å². The first-order valence-electron chi connectivity index (χ1n) is 7.46. The van der Waals surface area contributed by atoms with Gasteiger partial charge in [-0.15, -0.1) is 0 Å². The van der Waals surface area contributed by atoms with Gasteiger partial charge in [-0.1, -0.05) is 36.7 Å². The van der Waals surface area contributed by atoms with Gasteiger partial charge in [0.2, 0.25) is 5.91 Å². The molecule has 0 aromatic heterocycles. The molecule has 1 saturated heterocycles. The maximum Gasteiger partial charge on any atom is 0.222 e. The van der Waals surface area contributed by atoms with Crippen LogP contribution in [0.25, 0.3) is 0 Å². The van der Waals surface area contributed by atoms with Crippen LogP contribution in [0.15, 0.2) is 24.3 Å². The van der Waals surface area contributed by atoms with E-state index in [9.17, 15) is 4.79 Å². The van der Waals surface area contributed by atoms with Crippen molar-refractivity contribution in [2.75, 3.05) is 19.6 Å². The van der Waals surface area contributed by atoms with Crippen LogP contribution in [0.1, 0.15) is 31.7 Å². The molecule has 0 radical (unpaired) electrons. The van der Waals surface area contributed by atoms with E-state index >= 15 is 0 Å². The van der Waals surface area contributed by atoms with Crippen LogP contribution in [-0.4, -0.2) is 36.5 Å². The van der Waals surface area contributed by atoms with Crippen LogP contribution in [-0.2, 0) is 11.2 Å². The fourth-order valence-corrected chi connectivity index (χ4v) is 3.02. The van der Waals surface area contributed by atoms with Gasteiger partial charge in [0.25, 0.3) is 0 Å². The van der Waals surface area contributed by atoms with Crippen molar-refractivity contribution in [2.24, 2.45) is 0 Å². The van der Waals surface area contributed by atoms with E-state index in [0.29, 0.717) is 18.4 Å². The van der Waals surface area contributed by atoms with Crippen molar-refractivity contribution < 1.29 is 4.79 Å². The van der Waals surface area contributed by atoms with E-state index in [1.54, 1.807) is 0 Å². The summed E-state index contributed by atoms with van der Waals surface area (Å²) in [7, 11) is 0. The molecule has 4 heteroatoms. The third-order valence-electron chi connectivity index (χ3n) is 3.94. The maximum atomic E-state index is 12.0. The summed E-state index contributed by atoms with van der Waals surface area (Å²) in [5.41, 5.74) is 1.12. The van der Waals surface area contributed by atoms with Crippen LogP contribution in [0.3, 0.4) is 0 Å². The standard InChI is InChI=1S/C16H23ClN2O/c1-2-18-11-9-14-7-8-16(20)19(14)12-10-13-5-3-4-6-15(13)17/h3-6,14,18H,2,7-12H2,1H3. The first kappa shape index (κ1) is 15.3. The van der Waals surface area contributed by atoms with Gasteiger partial charge in [0.05, 0.1) is 0 Å². The number of likely N-dealkylation sites (tertiary alicyclic amines) is 1. The Morgan fingerprint density at radius 1 is 1.40 bits per heavy atom. The molecule has 1 heterocycles. The number of nitrogens with zero attached hydrogens (tertiary/aromatic N) is 1. The predicted octanol–water partition coefficient (Wildman–Crippen LogP) is 2.87. The zero-order valence-corrected chi connectivity index (χ0v) is 12.8. The van der Waals surface area contributed by atoms with Crippen molar-refractivity contribution >= 4 is 17.5 Å². The van der Waals surface area contributed by atoms with Crippen LogP contribution in [0.2, 0.25) is 5.02 Å². The summed E-state index contributed by atoms with van der Waals surface area (Å²) < 4.78 is 0. The molecule has 1 aliphatic heterocycles. The SMILES string of the molecule is CCNCCC1CCC(=O)N1CCc1ccccc1Cl. The molecule has 1 aromatic carbocycles. The minimum absolute atomic E-state index is 0.290. The molecule has 1 aliphatic rings. The molecule has 1 amide bonds. The molecule has 1 N–H and O–H groups in total. The van der Waals surface area contributed by atoms with Gasteiger partial charge < -0.3 is 10.2 Å². The molecular formula is C16H23ClN2O. The molecule has 1 atom stereocenters. The van der Waals surface area contributed by atoms with Crippen LogP contribution in [0.4, 0.5) is 0 Å². The number of nitrogens with one attached hydrogen (secondary N) is 1. The number of rotatable bonds is 7. The Morgan fingerprint density at radius 2 is 2.20 bits per heavy atom. The van der Waals surface area contributed by atoms with Crippen molar-refractivity contribution in [3.8, 4) is 0 Å². The van der Waals surface area contributed by atoms with Crippen molar-refractivity contribution in [3.05, 3.63) is 34.9 Å². The summed E-state index contributed by atoms with van der Waals surface area (Å²) in [5.74, 6) is 0.290. The maximum absolute atomic E-state index is 12.0. The molecule has 3 nitrogen and oxygen atoms in total. The summed E-state index contributed by atoms with van der Waals surface area (Å²) in [4.78, 5) is 14.0. The summed E-state index contributed by atoms with van der Waals surface area (Å²) in [5, 5.41) is 4.13. The predicted molar refractivity (Wildman–Crippen MR) is 83.1 cm³/mol. The van der Waals surface area contributed by atoms with Gasteiger partial charge in [0.1, 0.15) is 0 Å². The highest BCUT2D eigenvalue weighted by atomic mass is 35.5. The second-order valence-corrected chi connectivity index (χ2v) is 5.67. The van der Waals surface area contributed by atoms with Crippen LogP contribution >= 0.6 is 11.6 Å². The Hall–Kier alpha value is -1.06. The van der Waals surface area contributed by atoms with Crippen molar-refractivity contribution in [1.29, 1.82) is 0 Å². The monoisotopic (exact) mass is 294 g/mol. The number of carbonyl (C=O) groups excluding carboxylic acids is 1. The molecule has 0 saturated carbocycles. The Morgan fingerprint density at radius 3 is 2.95 bits per heavy atom. The van der Waals surface area contributed by atoms with Crippen molar-refractivity contribution in [1.82, 2.24) is 10.2 Å². The zero-order chi connectivity index (χ0) is 14.4. The molecule has 1 unspecified atom stereocenters. The Labute approximate surface area is 126 Å². The molecule has 0 bridgehead atoms. The van der Waals surface area contributed by atoms with Gasteiger partial charge in [-0.3, -0.25) is 4.79 Å². The van der Waals surface area contributed by atoms with E-state index in [4.69, 9.17) is 11.6 Å². The second-order valence-electron chi connectivity index (χ2n) is 5.26. The summed E-state index contributed by atoms with van der Waals surface area (Å²) in [6.07, 6.45) is 3.57. The third kappa shape index (κ3) is 3.97. The lowest BCUT2D eigenvalue weighted by Crippen LogP contribution is -2.36. The minimum atomic E-state index is 0.290. The highest BCUT2D eigenvalue weighted by Gasteiger charge is 2.29. The third-order valence-corrected chi connectivity index (χ3v) is 4.31. The highest BCUT2D eigenvalue weighted by Crippen LogP contribution is 2.23. The van der Waals surface area contributed by atoms with Gasteiger partial charge in [-0.2, -0.15) is 0 Å². The first-order valence-corrected chi connectivity index (χ1v) is 7.83. The largest absolute Gasteiger partial charge is 0.339 e. The smallest absolute Gasteiger partial charge is 0.222 e. The average molecular weight is 295 g/mol. The first-order chi connectivity index (χ1) is 9.72. The topological polar surface area (TPSA) is 32.3 Å². The van der Waals surface area contributed by atoms with Gasteiger partial charge >= 0.3 is 0 Å². The number of benzene rings is 1. The molecule has 1 fully saturated rings. The minimum Gasteiger partial charge on any atom is -0.339 e. The fourth-order valence-electron chi connectivity index (χ4n) is 2.79. The Balaban J connectivity index is 1.89. The van der Waals surface area contributed by atoms with E-state index in [-0.39, 0.29) is 0 Å². The molecule has 2 rings (SSSR count). The molecule has 110 valence electrons. The zero-order valence-electron chi connectivity index (χ0n) is 12.1. The van der Waals surface area contributed by atoms with E-state index in [2.05, 4.69) is 12.2 Å².